The predicted octanol–water partition coefficient (Wildman–Crippen LogP) is 1.41. The second kappa shape index (κ2) is 1.52. The molecule has 1 atom stereocenters. The molecule has 0 aliphatic carbocycles. The maximum atomic E-state index is 10.9. The predicted molar refractivity (Wildman–Crippen MR) is 23.5 cm³/mol. The molecule has 0 bridgehead atoms. The third-order valence-electron chi connectivity index (χ3n) is 0. The van der Waals surface area contributed by atoms with Crippen LogP contribution in [0, 0.1) is 0 Å². The van der Waals surface area contributed by atoms with Crippen LogP contribution < -0.4 is 0 Å². The highest BCUT2D eigenvalue weighted by Gasteiger charge is 1.97. The van der Waals surface area contributed by atoms with Crippen LogP contribution in [0.3, 0.4) is 0 Å². The molecular formula is HClFOPS. The number of rotatable bonds is 0. The van der Waals surface area contributed by atoms with Gasteiger partial charge in [-0.25, -0.2) is 0 Å². The van der Waals surface area contributed by atoms with Crippen molar-refractivity contribution < 1.29 is 9.09 Å². The van der Waals surface area contributed by atoms with Crippen molar-refractivity contribution in [3.8, 4) is 0 Å². The van der Waals surface area contributed by atoms with Crippen molar-refractivity contribution in [2.24, 2.45) is 0 Å². The minimum Gasteiger partial charge on any atom is -0.331 e. The van der Waals surface area contributed by atoms with Crippen molar-refractivity contribution in [3.05, 3.63) is 0 Å². The van der Waals surface area contributed by atoms with Gasteiger partial charge in [0.1, 0.15) is 0 Å². The monoisotopic (exact) mass is 134 g/mol. The number of hydrogen-bond acceptors (Lipinski definition) is 1. The van der Waals surface area contributed by atoms with Crippen LogP contribution in [0.5, 0.6) is 0 Å². The molecule has 0 aromatic carbocycles. The molecule has 0 heterocycles. The molecular weight excluding hydrogens is 133 g/mol. The first-order valence-corrected chi connectivity index (χ1v) is 4.27. The number of halogens is 2. The van der Waals surface area contributed by atoms with E-state index in [1.807, 2.05) is 0 Å². The summed E-state index contributed by atoms with van der Waals surface area (Å²) in [6.07, 6.45) is 0. The molecule has 0 aromatic heterocycles. The lowest BCUT2D eigenvalue weighted by Gasteiger charge is -1.81. The summed E-state index contributed by atoms with van der Waals surface area (Å²) in [4.78, 5) is 7.55. The standard InChI is InChI=1S/ClFHOPS/c1-4(2,3)5/h(H,3,5). The highest BCUT2D eigenvalue weighted by atomic mass is 35.7. The van der Waals surface area contributed by atoms with Gasteiger partial charge in [-0.1, -0.05) is 0 Å². The summed E-state index contributed by atoms with van der Waals surface area (Å²) in [7, 11) is 0. The topological polar surface area (TPSA) is 20.2 Å². The van der Waals surface area contributed by atoms with E-state index in [1.54, 1.807) is 0 Å². The Labute approximate surface area is 38.8 Å². The van der Waals surface area contributed by atoms with Crippen molar-refractivity contribution in [3.63, 3.8) is 0 Å². The number of hydrogen-bond donors (Lipinski definition) is 1. The summed E-state index contributed by atoms with van der Waals surface area (Å²) >= 11 is 7.94. The minimum atomic E-state index is -3.83. The molecule has 1 N–H and O–H groups in total. The highest BCUT2D eigenvalue weighted by Crippen LogP contribution is 2.47. The van der Waals surface area contributed by atoms with Gasteiger partial charge in [-0.05, 0) is 23.0 Å². The van der Waals surface area contributed by atoms with E-state index >= 15 is 0 Å². The molecule has 0 aromatic rings. The van der Waals surface area contributed by atoms with Gasteiger partial charge >= 0.3 is 5.93 Å². The van der Waals surface area contributed by atoms with Gasteiger partial charge in [0.15, 0.2) is 0 Å². The second-order valence-electron chi connectivity index (χ2n) is 0.435. The first kappa shape index (κ1) is 5.83. The molecule has 0 saturated carbocycles. The molecule has 0 spiro atoms. The van der Waals surface area contributed by atoms with Crippen LogP contribution in [-0.2, 0) is 11.8 Å². The molecule has 0 amide bonds. The molecule has 1 unspecified atom stereocenters. The van der Waals surface area contributed by atoms with Crippen LogP contribution in [0.4, 0.5) is 4.20 Å². The van der Waals surface area contributed by atoms with Gasteiger partial charge in [0.05, 0.1) is 0 Å². The Morgan fingerprint density at radius 3 is 2.00 bits per heavy atom. The van der Waals surface area contributed by atoms with E-state index in [0.29, 0.717) is 0 Å². The Morgan fingerprint density at radius 2 is 2.00 bits per heavy atom. The van der Waals surface area contributed by atoms with E-state index in [-0.39, 0.29) is 0 Å². The summed E-state index contributed by atoms with van der Waals surface area (Å²) < 4.78 is 10.9. The van der Waals surface area contributed by atoms with Crippen LogP contribution in [-0.4, -0.2) is 4.89 Å². The van der Waals surface area contributed by atoms with Crippen LogP contribution in [0.15, 0.2) is 0 Å². The van der Waals surface area contributed by atoms with Gasteiger partial charge in [-0.2, -0.15) is 4.20 Å². The molecule has 5 heavy (non-hydrogen) atoms. The van der Waals surface area contributed by atoms with Crippen molar-refractivity contribution in [2.45, 2.75) is 0 Å². The van der Waals surface area contributed by atoms with E-state index in [4.69, 9.17) is 4.89 Å². The lowest BCUT2D eigenvalue weighted by molar-refractivity contribution is 0.585. The molecule has 1 nitrogen and oxygen atoms in total. The van der Waals surface area contributed by atoms with E-state index < -0.39 is 5.93 Å². The molecule has 0 saturated heterocycles. The zero-order valence-corrected chi connectivity index (χ0v) is 4.53. The second-order valence-corrected chi connectivity index (χ2v) is 4.70. The Morgan fingerprint density at radius 1 is 2.00 bits per heavy atom. The van der Waals surface area contributed by atoms with Crippen molar-refractivity contribution in [1.29, 1.82) is 0 Å². The Balaban J connectivity index is 3.47. The van der Waals surface area contributed by atoms with Gasteiger partial charge in [-0.15, -0.1) is 0 Å². The molecule has 0 fully saturated rings. The smallest absolute Gasteiger partial charge is 0.318 e. The quantitative estimate of drug-likeness (QED) is 0.506. The molecule has 0 radical (unpaired) electrons. The average molecular weight is 134 g/mol. The van der Waals surface area contributed by atoms with Gasteiger partial charge < -0.3 is 4.89 Å². The summed E-state index contributed by atoms with van der Waals surface area (Å²) in [5.41, 5.74) is 0. The lowest BCUT2D eigenvalue weighted by atomic mass is 15.9. The zero-order valence-electron chi connectivity index (χ0n) is 2.06. The molecule has 0 aliphatic rings. The van der Waals surface area contributed by atoms with E-state index in [0.717, 1.165) is 0 Å². The summed E-state index contributed by atoms with van der Waals surface area (Å²) in [5.74, 6) is -3.83. The van der Waals surface area contributed by atoms with Crippen molar-refractivity contribution in [2.75, 3.05) is 0 Å². The Hall–Kier alpha value is 0.830. The van der Waals surface area contributed by atoms with Crippen molar-refractivity contribution in [1.82, 2.24) is 0 Å². The van der Waals surface area contributed by atoms with E-state index in [1.165, 1.54) is 0 Å². The normalized spacial score (nSPS) is 21.4. The first-order valence-electron chi connectivity index (χ1n) is 0.721. The minimum absolute atomic E-state index is 3.59. The lowest BCUT2D eigenvalue weighted by Crippen LogP contribution is -1.41. The summed E-state index contributed by atoms with van der Waals surface area (Å²) in [6.45, 7) is 0. The van der Waals surface area contributed by atoms with Gasteiger partial charge in [0, 0.05) is 0 Å². The Bertz CT molecular complexity index is 57.8. The van der Waals surface area contributed by atoms with E-state index in [9.17, 15) is 4.20 Å². The zero-order chi connectivity index (χ0) is 4.50. The largest absolute Gasteiger partial charge is 0.331 e. The van der Waals surface area contributed by atoms with Crippen molar-refractivity contribution >= 4 is 29.0 Å². The fraction of sp³-hybridized carbons (Fsp3) is 0. The first-order chi connectivity index (χ1) is 2.00. The third-order valence-corrected chi connectivity index (χ3v) is 0. The van der Waals surface area contributed by atoms with Crippen LogP contribution in [0.1, 0.15) is 0 Å². The van der Waals surface area contributed by atoms with Gasteiger partial charge in [0.2, 0.25) is 0 Å². The highest BCUT2D eigenvalue weighted by molar-refractivity contribution is 8.21. The molecule has 0 aliphatic heterocycles. The van der Waals surface area contributed by atoms with Gasteiger partial charge in [0.25, 0.3) is 0 Å². The SMILES string of the molecule is OP(F)(=S)Cl. The van der Waals surface area contributed by atoms with Crippen LogP contribution >= 0.6 is 17.2 Å². The summed E-state index contributed by atoms with van der Waals surface area (Å²) in [5, 5.41) is 0. The fourth-order valence-electron chi connectivity index (χ4n) is 0. The summed E-state index contributed by atoms with van der Waals surface area (Å²) in [6, 6.07) is 0. The molecule has 5 heteroatoms. The maximum Gasteiger partial charge on any atom is 0.318 e. The average Bonchev–Trinajstić information content (AvgIpc) is 0.722. The fourth-order valence-corrected chi connectivity index (χ4v) is 0. The van der Waals surface area contributed by atoms with Crippen LogP contribution in [0.2, 0.25) is 0 Å². The Kier molecular flexibility index (Phi) is 1.77. The van der Waals surface area contributed by atoms with E-state index in [2.05, 4.69) is 23.0 Å². The van der Waals surface area contributed by atoms with Crippen LogP contribution in [0.25, 0.3) is 0 Å². The molecule has 32 valence electrons. The van der Waals surface area contributed by atoms with Gasteiger partial charge in [-0.3, -0.25) is 0 Å². The molecule has 0 rings (SSSR count). The maximum absolute atomic E-state index is 10.9. The third kappa shape index (κ3) is 56.2.